The standard InChI is InChI=1S/C20H20O5/c1-13-7-14(2)9-17(8-13)23-5-6-24-20(22)10-15-12-25-19-11-16(21)3-4-18(15)19/h3-4,7-9,11-12,21H,5-6,10H2,1-2H3. The van der Waals surface area contributed by atoms with Gasteiger partial charge >= 0.3 is 5.97 Å². The molecule has 0 aliphatic carbocycles. The number of benzene rings is 2. The van der Waals surface area contributed by atoms with E-state index in [4.69, 9.17) is 13.9 Å². The van der Waals surface area contributed by atoms with Gasteiger partial charge in [-0.1, -0.05) is 6.07 Å². The van der Waals surface area contributed by atoms with Crippen LogP contribution in [0.15, 0.2) is 47.1 Å². The maximum atomic E-state index is 12.0. The van der Waals surface area contributed by atoms with Crippen LogP contribution in [-0.4, -0.2) is 24.3 Å². The molecular weight excluding hydrogens is 320 g/mol. The summed E-state index contributed by atoms with van der Waals surface area (Å²) in [5.41, 5.74) is 3.53. The van der Waals surface area contributed by atoms with Gasteiger partial charge in [-0.2, -0.15) is 0 Å². The molecule has 0 spiro atoms. The molecule has 5 nitrogen and oxygen atoms in total. The zero-order valence-electron chi connectivity index (χ0n) is 14.2. The molecule has 1 heterocycles. The van der Waals surface area contributed by atoms with Crippen molar-refractivity contribution in [2.45, 2.75) is 20.3 Å². The second-order valence-corrected chi connectivity index (χ2v) is 6.01. The summed E-state index contributed by atoms with van der Waals surface area (Å²) < 4.78 is 16.2. The fourth-order valence-corrected chi connectivity index (χ4v) is 2.75. The second kappa shape index (κ2) is 7.30. The number of furan rings is 1. The first-order chi connectivity index (χ1) is 12.0. The Morgan fingerprint density at radius 3 is 2.60 bits per heavy atom. The van der Waals surface area contributed by atoms with Gasteiger partial charge in [0.25, 0.3) is 0 Å². The van der Waals surface area contributed by atoms with E-state index in [1.165, 1.54) is 12.3 Å². The number of phenolic OH excluding ortho intramolecular Hbond substituents is 1. The molecule has 0 aliphatic heterocycles. The minimum absolute atomic E-state index is 0.112. The monoisotopic (exact) mass is 340 g/mol. The lowest BCUT2D eigenvalue weighted by Gasteiger charge is -2.09. The summed E-state index contributed by atoms with van der Waals surface area (Å²) in [6, 6.07) is 10.8. The predicted octanol–water partition coefficient (Wildman–Crippen LogP) is 3.92. The molecule has 0 fully saturated rings. The molecule has 0 aliphatic rings. The Labute approximate surface area is 145 Å². The van der Waals surface area contributed by atoms with Crippen LogP contribution in [0.4, 0.5) is 0 Å². The molecule has 1 N–H and O–H groups in total. The maximum absolute atomic E-state index is 12.0. The number of aryl methyl sites for hydroxylation is 2. The van der Waals surface area contributed by atoms with Crippen molar-refractivity contribution in [3.05, 3.63) is 59.4 Å². The average Bonchev–Trinajstić information content (AvgIpc) is 2.92. The highest BCUT2D eigenvalue weighted by Crippen LogP contribution is 2.25. The van der Waals surface area contributed by atoms with Crippen molar-refractivity contribution in [3.63, 3.8) is 0 Å². The number of esters is 1. The summed E-state index contributed by atoms with van der Waals surface area (Å²) in [5, 5.41) is 10.2. The van der Waals surface area contributed by atoms with Crippen LogP contribution in [0.3, 0.4) is 0 Å². The first kappa shape index (κ1) is 16.9. The molecule has 0 atom stereocenters. The fourth-order valence-electron chi connectivity index (χ4n) is 2.75. The minimum Gasteiger partial charge on any atom is -0.508 e. The number of ether oxygens (including phenoxy) is 2. The lowest BCUT2D eigenvalue weighted by Crippen LogP contribution is -2.14. The third kappa shape index (κ3) is 4.32. The summed E-state index contributed by atoms with van der Waals surface area (Å²) >= 11 is 0. The van der Waals surface area contributed by atoms with E-state index in [1.807, 2.05) is 26.0 Å². The van der Waals surface area contributed by atoms with E-state index in [1.54, 1.807) is 12.1 Å². The topological polar surface area (TPSA) is 68.9 Å². The molecule has 0 bridgehead atoms. The molecule has 0 amide bonds. The first-order valence-corrected chi connectivity index (χ1v) is 8.07. The average molecular weight is 340 g/mol. The van der Waals surface area contributed by atoms with Crippen molar-refractivity contribution in [2.24, 2.45) is 0 Å². The fraction of sp³-hybridized carbons (Fsp3) is 0.250. The molecule has 1 aromatic heterocycles. The number of rotatable bonds is 6. The zero-order chi connectivity index (χ0) is 17.8. The van der Waals surface area contributed by atoms with Gasteiger partial charge in [0.05, 0.1) is 12.7 Å². The van der Waals surface area contributed by atoms with E-state index in [0.29, 0.717) is 12.2 Å². The highest BCUT2D eigenvalue weighted by molar-refractivity contribution is 5.86. The lowest BCUT2D eigenvalue weighted by atomic mass is 10.1. The predicted molar refractivity (Wildman–Crippen MR) is 94.0 cm³/mol. The van der Waals surface area contributed by atoms with Gasteiger partial charge in [-0.15, -0.1) is 0 Å². The minimum atomic E-state index is -0.347. The molecule has 3 aromatic rings. The van der Waals surface area contributed by atoms with Gasteiger partial charge in [0.1, 0.15) is 30.3 Å². The van der Waals surface area contributed by atoms with Gasteiger partial charge in [0.15, 0.2) is 0 Å². The molecule has 0 unspecified atom stereocenters. The summed E-state index contributed by atoms with van der Waals surface area (Å²) in [6.07, 6.45) is 1.62. The van der Waals surface area contributed by atoms with Gasteiger partial charge in [-0.05, 0) is 49.2 Å². The number of hydrogen-bond donors (Lipinski definition) is 1. The summed E-state index contributed by atoms with van der Waals surface area (Å²) in [5.74, 6) is 0.550. The number of carbonyl (C=O) groups excluding carboxylic acids is 1. The highest BCUT2D eigenvalue weighted by Gasteiger charge is 2.12. The first-order valence-electron chi connectivity index (χ1n) is 8.07. The smallest absolute Gasteiger partial charge is 0.310 e. The highest BCUT2D eigenvalue weighted by atomic mass is 16.6. The van der Waals surface area contributed by atoms with Crippen molar-refractivity contribution < 1.29 is 23.8 Å². The van der Waals surface area contributed by atoms with Crippen LogP contribution in [0.5, 0.6) is 11.5 Å². The van der Waals surface area contributed by atoms with Crippen molar-refractivity contribution in [2.75, 3.05) is 13.2 Å². The largest absolute Gasteiger partial charge is 0.508 e. The van der Waals surface area contributed by atoms with Crippen LogP contribution in [-0.2, 0) is 16.0 Å². The summed E-state index contributed by atoms with van der Waals surface area (Å²) in [6.45, 7) is 4.50. The van der Waals surface area contributed by atoms with E-state index in [2.05, 4.69) is 6.07 Å². The van der Waals surface area contributed by atoms with E-state index in [-0.39, 0.29) is 24.7 Å². The third-order valence-electron chi connectivity index (χ3n) is 3.78. The second-order valence-electron chi connectivity index (χ2n) is 6.01. The van der Waals surface area contributed by atoms with Crippen molar-refractivity contribution in [1.29, 1.82) is 0 Å². The maximum Gasteiger partial charge on any atom is 0.310 e. The van der Waals surface area contributed by atoms with Gasteiger partial charge < -0.3 is 19.0 Å². The molecule has 0 saturated heterocycles. The van der Waals surface area contributed by atoms with Crippen LogP contribution in [0.25, 0.3) is 11.0 Å². The SMILES string of the molecule is Cc1cc(C)cc(OCCOC(=O)Cc2coc3cc(O)ccc23)c1. The Morgan fingerprint density at radius 1 is 1.08 bits per heavy atom. The molecule has 2 aromatic carbocycles. The van der Waals surface area contributed by atoms with E-state index >= 15 is 0 Å². The molecule has 130 valence electrons. The van der Waals surface area contributed by atoms with Crippen LogP contribution in [0.1, 0.15) is 16.7 Å². The Morgan fingerprint density at radius 2 is 1.84 bits per heavy atom. The number of fused-ring (bicyclic) bond motifs is 1. The lowest BCUT2D eigenvalue weighted by molar-refractivity contribution is -0.143. The molecular formula is C20H20O5. The van der Waals surface area contributed by atoms with Crippen molar-refractivity contribution in [1.82, 2.24) is 0 Å². The Bertz CT molecular complexity index is 874. The molecule has 0 saturated carbocycles. The van der Waals surface area contributed by atoms with Crippen molar-refractivity contribution >= 4 is 16.9 Å². The number of aromatic hydroxyl groups is 1. The van der Waals surface area contributed by atoms with Crippen LogP contribution < -0.4 is 4.74 Å². The summed E-state index contributed by atoms with van der Waals surface area (Å²) in [4.78, 5) is 12.0. The van der Waals surface area contributed by atoms with E-state index in [0.717, 1.165) is 27.8 Å². The van der Waals surface area contributed by atoms with Gasteiger partial charge in [-0.25, -0.2) is 0 Å². The van der Waals surface area contributed by atoms with Crippen LogP contribution in [0, 0.1) is 13.8 Å². The number of phenols is 1. The van der Waals surface area contributed by atoms with E-state index < -0.39 is 0 Å². The Kier molecular flexibility index (Phi) is 4.93. The number of hydrogen-bond acceptors (Lipinski definition) is 5. The molecule has 3 rings (SSSR count). The number of carbonyl (C=O) groups is 1. The normalized spacial score (nSPS) is 10.8. The van der Waals surface area contributed by atoms with Gasteiger partial charge in [0.2, 0.25) is 0 Å². The summed E-state index contributed by atoms with van der Waals surface area (Å²) in [7, 11) is 0. The van der Waals surface area contributed by atoms with Gasteiger partial charge in [0, 0.05) is 17.0 Å². The Balaban J connectivity index is 1.49. The van der Waals surface area contributed by atoms with E-state index in [9.17, 15) is 9.90 Å². The molecule has 25 heavy (non-hydrogen) atoms. The van der Waals surface area contributed by atoms with Gasteiger partial charge in [-0.3, -0.25) is 4.79 Å². The molecule has 5 heteroatoms. The quantitative estimate of drug-likeness (QED) is 0.544. The molecule has 0 radical (unpaired) electrons. The zero-order valence-corrected chi connectivity index (χ0v) is 14.2. The van der Waals surface area contributed by atoms with Crippen LogP contribution in [0.2, 0.25) is 0 Å². The van der Waals surface area contributed by atoms with Crippen LogP contribution >= 0.6 is 0 Å². The Hall–Kier alpha value is -2.95. The third-order valence-corrected chi connectivity index (χ3v) is 3.78. The van der Waals surface area contributed by atoms with Crippen molar-refractivity contribution in [3.8, 4) is 11.5 Å².